The van der Waals surface area contributed by atoms with Gasteiger partial charge in [-0.25, -0.2) is 8.78 Å². The molecule has 4 nitrogen and oxygen atoms in total. The number of aromatic nitrogens is 1. The van der Waals surface area contributed by atoms with E-state index < -0.39 is 23.2 Å². The maximum atomic E-state index is 13.2. The average molecular weight is 321 g/mol. The number of nitrogens with zero attached hydrogens (tertiary/aromatic N) is 1. The molecule has 0 spiro atoms. The van der Waals surface area contributed by atoms with Gasteiger partial charge in [0.15, 0.2) is 11.6 Å². The first-order valence-corrected chi connectivity index (χ1v) is 6.53. The highest BCUT2D eigenvalue weighted by Crippen LogP contribution is 2.28. The number of carbonyl (C=O) groups excluding carboxylic acids is 2. The molecule has 0 aliphatic heterocycles. The SMILES string of the molecule is O=C1C(Nc2ccc(F)c(F)c2)=C(Cl)C(=O)c2ncccc21. The van der Waals surface area contributed by atoms with Gasteiger partial charge in [-0.1, -0.05) is 11.6 Å². The highest BCUT2D eigenvalue weighted by atomic mass is 35.5. The fourth-order valence-corrected chi connectivity index (χ4v) is 2.27. The van der Waals surface area contributed by atoms with E-state index in [0.717, 1.165) is 12.1 Å². The Kier molecular flexibility index (Phi) is 3.46. The second-order valence-corrected chi connectivity index (χ2v) is 4.88. The van der Waals surface area contributed by atoms with E-state index in [1.165, 1.54) is 24.4 Å². The molecule has 0 radical (unpaired) electrons. The fourth-order valence-electron chi connectivity index (χ4n) is 2.05. The van der Waals surface area contributed by atoms with Gasteiger partial charge in [0.2, 0.25) is 11.6 Å². The van der Waals surface area contributed by atoms with Gasteiger partial charge in [-0.2, -0.15) is 0 Å². The number of fused-ring (bicyclic) bond motifs is 1. The Balaban J connectivity index is 2.03. The Morgan fingerprint density at radius 1 is 1.05 bits per heavy atom. The number of benzene rings is 1. The number of halogens is 3. The normalized spacial score (nSPS) is 14.1. The second kappa shape index (κ2) is 5.31. The Morgan fingerprint density at radius 3 is 2.55 bits per heavy atom. The maximum absolute atomic E-state index is 13.2. The third kappa shape index (κ3) is 2.27. The van der Waals surface area contributed by atoms with Crippen LogP contribution in [0.2, 0.25) is 0 Å². The van der Waals surface area contributed by atoms with Gasteiger partial charge in [0, 0.05) is 18.0 Å². The molecule has 1 heterocycles. The molecular weight excluding hydrogens is 314 g/mol. The standard InChI is InChI=1S/C15H7ClF2N2O2/c16-11-13(20-7-3-4-9(17)10(18)6-7)14(21)8-2-1-5-19-12(8)15(11)22/h1-6,20H. The van der Waals surface area contributed by atoms with Crippen molar-refractivity contribution in [2.45, 2.75) is 0 Å². The van der Waals surface area contributed by atoms with Crippen LogP contribution in [-0.4, -0.2) is 16.6 Å². The molecule has 0 unspecified atom stereocenters. The van der Waals surface area contributed by atoms with Crippen molar-refractivity contribution in [3.63, 3.8) is 0 Å². The van der Waals surface area contributed by atoms with Crippen LogP contribution in [-0.2, 0) is 0 Å². The molecule has 0 fully saturated rings. The molecule has 7 heteroatoms. The largest absolute Gasteiger partial charge is 0.351 e. The first kappa shape index (κ1) is 14.3. The van der Waals surface area contributed by atoms with Crippen LogP contribution in [0.25, 0.3) is 0 Å². The average Bonchev–Trinajstić information content (AvgIpc) is 2.53. The Bertz CT molecular complexity index is 849. The van der Waals surface area contributed by atoms with Crippen molar-refractivity contribution >= 4 is 28.9 Å². The van der Waals surface area contributed by atoms with Gasteiger partial charge in [-0.05, 0) is 24.3 Å². The second-order valence-electron chi connectivity index (χ2n) is 4.50. The zero-order chi connectivity index (χ0) is 15.9. The van der Waals surface area contributed by atoms with Crippen LogP contribution in [0.4, 0.5) is 14.5 Å². The predicted molar refractivity (Wildman–Crippen MR) is 75.8 cm³/mol. The number of hydrogen-bond acceptors (Lipinski definition) is 4. The number of ketones is 2. The number of rotatable bonds is 2. The summed E-state index contributed by atoms with van der Waals surface area (Å²) in [6.45, 7) is 0. The smallest absolute Gasteiger partial charge is 0.225 e. The van der Waals surface area contributed by atoms with Gasteiger partial charge in [-0.3, -0.25) is 14.6 Å². The molecule has 0 bridgehead atoms. The van der Waals surface area contributed by atoms with Gasteiger partial charge in [-0.15, -0.1) is 0 Å². The summed E-state index contributed by atoms with van der Waals surface area (Å²) in [5.74, 6) is -3.26. The zero-order valence-corrected chi connectivity index (χ0v) is 11.6. The van der Waals surface area contributed by atoms with E-state index in [-0.39, 0.29) is 27.7 Å². The van der Waals surface area contributed by atoms with Crippen molar-refractivity contribution in [3.05, 3.63) is 70.1 Å². The van der Waals surface area contributed by atoms with Crippen LogP contribution in [0.15, 0.2) is 47.3 Å². The topological polar surface area (TPSA) is 59.1 Å². The number of Topliss-reactive ketones (excluding diaryl/α,β-unsaturated/α-hetero) is 2. The van der Waals surface area contributed by atoms with Crippen molar-refractivity contribution in [1.82, 2.24) is 4.98 Å². The zero-order valence-electron chi connectivity index (χ0n) is 10.9. The van der Waals surface area contributed by atoms with Gasteiger partial charge >= 0.3 is 0 Å². The molecule has 110 valence electrons. The summed E-state index contributed by atoms with van der Waals surface area (Å²) in [6, 6.07) is 5.95. The number of pyridine rings is 1. The number of anilines is 1. The van der Waals surface area contributed by atoms with E-state index in [2.05, 4.69) is 10.3 Å². The van der Waals surface area contributed by atoms with Crippen LogP contribution in [0.3, 0.4) is 0 Å². The summed E-state index contributed by atoms with van der Waals surface area (Å²) in [6.07, 6.45) is 1.38. The molecule has 0 saturated heterocycles. The van der Waals surface area contributed by atoms with Gasteiger partial charge in [0.05, 0.1) is 5.56 Å². The number of allylic oxidation sites excluding steroid dienone is 2. The molecule has 0 saturated carbocycles. The lowest BCUT2D eigenvalue weighted by Gasteiger charge is -2.18. The van der Waals surface area contributed by atoms with E-state index in [1.54, 1.807) is 0 Å². The van der Waals surface area contributed by atoms with Crippen LogP contribution in [0.1, 0.15) is 20.8 Å². The molecule has 1 aliphatic carbocycles. The van der Waals surface area contributed by atoms with E-state index in [9.17, 15) is 18.4 Å². The molecular formula is C15H7ClF2N2O2. The van der Waals surface area contributed by atoms with E-state index >= 15 is 0 Å². The molecule has 2 aromatic rings. The fraction of sp³-hybridized carbons (Fsp3) is 0. The monoisotopic (exact) mass is 320 g/mol. The van der Waals surface area contributed by atoms with Crippen LogP contribution in [0.5, 0.6) is 0 Å². The summed E-state index contributed by atoms with van der Waals surface area (Å²) >= 11 is 5.92. The Morgan fingerprint density at radius 2 is 1.82 bits per heavy atom. The molecule has 1 aromatic heterocycles. The highest BCUT2D eigenvalue weighted by molar-refractivity contribution is 6.50. The number of hydrogen-bond donors (Lipinski definition) is 1. The third-order valence-electron chi connectivity index (χ3n) is 3.10. The van der Waals surface area contributed by atoms with Crippen molar-refractivity contribution in [1.29, 1.82) is 0 Å². The van der Waals surface area contributed by atoms with Crippen LogP contribution in [0, 0.1) is 11.6 Å². The van der Waals surface area contributed by atoms with Gasteiger partial charge in [0.1, 0.15) is 16.4 Å². The summed E-state index contributed by atoms with van der Waals surface area (Å²) in [7, 11) is 0. The highest BCUT2D eigenvalue weighted by Gasteiger charge is 2.32. The Labute approximate surface area is 128 Å². The van der Waals surface area contributed by atoms with Crippen molar-refractivity contribution in [2.75, 3.05) is 5.32 Å². The maximum Gasteiger partial charge on any atom is 0.225 e. The van der Waals surface area contributed by atoms with Gasteiger partial charge < -0.3 is 5.32 Å². The molecule has 22 heavy (non-hydrogen) atoms. The predicted octanol–water partition coefficient (Wildman–Crippen LogP) is 3.30. The van der Waals surface area contributed by atoms with Crippen LogP contribution < -0.4 is 5.32 Å². The van der Waals surface area contributed by atoms with E-state index in [4.69, 9.17) is 11.6 Å². The van der Waals surface area contributed by atoms with Crippen molar-refractivity contribution in [3.8, 4) is 0 Å². The number of nitrogens with one attached hydrogen (secondary N) is 1. The minimum Gasteiger partial charge on any atom is -0.351 e. The molecule has 1 aromatic carbocycles. The van der Waals surface area contributed by atoms with Gasteiger partial charge in [0.25, 0.3) is 0 Å². The number of carbonyl (C=O) groups is 2. The molecule has 1 N–H and O–H groups in total. The van der Waals surface area contributed by atoms with E-state index in [1.807, 2.05) is 0 Å². The first-order chi connectivity index (χ1) is 10.5. The lowest BCUT2D eigenvalue weighted by Crippen LogP contribution is -2.25. The minimum atomic E-state index is -1.08. The summed E-state index contributed by atoms with van der Waals surface area (Å²) < 4.78 is 26.1. The Hall–Kier alpha value is -2.60. The first-order valence-electron chi connectivity index (χ1n) is 6.15. The van der Waals surface area contributed by atoms with Crippen molar-refractivity contribution < 1.29 is 18.4 Å². The lowest BCUT2D eigenvalue weighted by molar-refractivity contribution is 0.0978. The summed E-state index contributed by atoms with van der Waals surface area (Å²) in [5.41, 5.74) is -0.0333. The summed E-state index contributed by atoms with van der Waals surface area (Å²) in [5, 5.41) is 2.22. The minimum absolute atomic E-state index is 0.0339. The molecule has 0 atom stereocenters. The molecule has 1 aliphatic rings. The van der Waals surface area contributed by atoms with Crippen molar-refractivity contribution in [2.24, 2.45) is 0 Å². The van der Waals surface area contributed by atoms with Crippen LogP contribution >= 0.6 is 11.6 Å². The van der Waals surface area contributed by atoms with E-state index in [0.29, 0.717) is 0 Å². The quantitative estimate of drug-likeness (QED) is 0.922. The third-order valence-corrected chi connectivity index (χ3v) is 3.46. The lowest BCUT2D eigenvalue weighted by atomic mass is 9.97. The molecule has 3 rings (SSSR count). The summed E-state index contributed by atoms with van der Waals surface area (Å²) in [4.78, 5) is 28.3. The molecule has 0 amide bonds.